The standard InChI is InChI=1S/C15H23NO5/c1-2-4-15(5-3-1)16-14-20-11-10-18-7-6-17-8-9-19-12-13-21-16/h1-5H,6-14H2. The number of benzene rings is 1. The average molecular weight is 297 g/mol. The fraction of sp³-hybridized carbons (Fsp3) is 0.600. The predicted octanol–water partition coefficient (Wildman–Crippen LogP) is 1.46. The Labute approximate surface area is 125 Å². The van der Waals surface area contributed by atoms with Gasteiger partial charge in [0.15, 0.2) is 0 Å². The van der Waals surface area contributed by atoms with Gasteiger partial charge in [0.2, 0.25) is 0 Å². The summed E-state index contributed by atoms with van der Waals surface area (Å²) in [5.41, 5.74) is 0.950. The van der Waals surface area contributed by atoms with Crippen molar-refractivity contribution in [2.75, 3.05) is 64.6 Å². The average Bonchev–Trinajstić information content (AvgIpc) is 2.54. The van der Waals surface area contributed by atoms with Crippen molar-refractivity contribution in [2.45, 2.75) is 0 Å². The summed E-state index contributed by atoms with van der Waals surface area (Å²) in [5, 5.41) is 1.72. The van der Waals surface area contributed by atoms with E-state index in [1.165, 1.54) is 0 Å². The minimum Gasteiger partial charge on any atom is -0.377 e. The highest BCUT2D eigenvalue weighted by molar-refractivity contribution is 5.42. The molecule has 1 aliphatic heterocycles. The predicted molar refractivity (Wildman–Crippen MR) is 78.1 cm³/mol. The fourth-order valence-corrected chi connectivity index (χ4v) is 1.79. The minimum absolute atomic E-state index is 0.351. The maximum Gasteiger partial charge on any atom is 0.143 e. The number of ether oxygens (including phenoxy) is 4. The Balaban J connectivity index is 1.83. The van der Waals surface area contributed by atoms with Crippen LogP contribution in [-0.2, 0) is 23.8 Å². The highest BCUT2D eigenvalue weighted by Gasteiger charge is 2.07. The van der Waals surface area contributed by atoms with Gasteiger partial charge in [-0.05, 0) is 12.1 Å². The van der Waals surface area contributed by atoms with Crippen molar-refractivity contribution in [3.8, 4) is 0 Å². The van der Waals surface area contributed by atoms with Gasteiger partial charge in [0.25, 0.3) is 0 Å². The molecule has 1 aromatic carbocycles. The highest BCUT2D eigenvalue weighted by atomic mass is 16.7. The van der Waals surface area contributed by atoms with Crippen LogP contribution in [0.15, 0.2) is 30.3 Å². The molecule has 0 saturated carbocycles. The number of nitrogens with zero attached hydrogens (tertiary/aromatic N) is 1. The first-order chi connectivity index (χ1) is 10.5. The molecule has 0 N–H and O–H groups in total. The smallest absolute Gasteiger partial charge is 0.143 e. The molecule has 1 saturated heterocycles. The summed E-state index contributed by atoms with van der Waals surface area (Å²) in [7, 11) is 0. The molecule has 0 radical (unpaired) electrons. The quantitative estimate of drug-likeness (QED) is 0.782. The van der Waals surface area contributed by atoms with E-state index in [-0.39, 0.29) is 0 Å². The van der Waals surface area contributed by atoms with Gasteiger partial charge >= 0.3 is 0 Å². The van der Waals surface area contributed by atoms with Crippen molar-refractivity contribution in [3.05, 3.63) is 30.3 Å². The largest absolute Gasteiger partial charge is 0.377 e. The number of rotatable bonds is 1. The molecule has 1 aromatic rings. The molecule has 0 aliphatic carbocycles. The van der Waals surface area contributed by atoms with Crippen LogP contribution in [0.2, 0.25) is 0 Å². The van der Waals surface area contributed by atoms with Crippen LogP contribution < -0.4 is 5.06 Å². The maximum absolute atomic E-state index is 5.71. The summed E-state index contributed by atoms with van der Waals surface area (Å²) in [6.45, 7) is 4.68. The number of hydrogen-bond donors (Lipinski definition) is 0. The zero-order valence-corrected chi connectivity index (χ0v) is 12.2. The first-order valence-corrected chi connectivity index (χ1v) is 7.23. The van der Waals surface area contributed by atoms with E-state index in [2.05, 4.69) is 0 Å². The van der Waals surface area contributed by atoms with Gasteiger partial charge in [0.05, 0.1) is 58.5 Å². The third kappa shape index (κ3) is 6.88. The number of anilines is 1. The molecule has 0 aromatic heterocycles. The van der Waals surface area contributed by atoms with Crippen molar-refractivity contribution in [1.82, 2.24) is 0 Å². The van der Waals surface area contributed by atoms with Crippen LogP contribution in [0.4, 0.5) is 5.69 Å². The molecule has 0 bridgehead atoms. The number of para-hydroxylation sites is 1. The van der Waals surface area contributed by atoms with Gasteiger partial charge in [-0.3, -0.25) is 4.84 Å². The maximum atomic E-state index is 5.71. The lowest BCUT2D eigenvalue weighted by molar-refractivity contribution is -0.0155. The van der Waals surface area contributed by atoms with Crippen LogP contribution in [0.25, 0.3) is 0 Å². The molecular weight excluding hydrogens is 274 g/mol. The SMILES string of the molecule is c1ccc(N2COCCOCCOCCOCCO2)cc1. The van der Waals surface area contributed by atoms with Gasteiger partial charge in [-0.25, -0.2) is 5.06 Å². The monoisotopic (exact) mass is 297 g/mol. The van der Waals surface area contributed by atoms with Crippen LogP contribution in [0.3, 0.4) is 0 Å². The number of hydroxylamine groups is 1. The number of hydrogen-bond acceptors (Lipinski definition) is 6. The van der Waals surface area contributed by atoms with Crippen LogP contribution in [-0.4, -0.2) is 59.6 Å². The van der Waals surface area contributed by atoms with Gasteiger partial charge in [-0.2, -0.15) is 0 Å². The second-order valence-corrected chi connectivity index (χ2v) is 4.42. The third-order valence-corrected chi connectivity index (χ3v) is 2.84. The summed E-state index contributed by atoms with van der Waals surface area (Å²) in [4.78, 5) is 5.71. The topological polar surface area (TPSA) is 49.4 Å². The van der Waals surface area contributed by atoms with Crippen molar-refractivity contribution >= 4 is 5.69 Å². The van der Waals surface area contributed by atoms with E-state index in [4.69, 9.17) is 23.8 Å². The molecule has 1 heterocycles. The van der Waals surface area contributed by atoms with Crippen molar-refractivity contribution < 1.29 is 23.8 Å². The second-order valence-electron chi connectivity index (χ2n) is 4.42. The first-order valence-electron chi connectivity index (χ1n) is 7.23. The van der Waals surface area contributed by atoms with E-state index >= 15 is 0 Å². The first kappa shape index (κ1) is 16.2. The van der Waals surface area contributed by atoms with E-state index in [1.807, 2.05) is 30.3 Å². The van der Waals surface area contributed by atoms with Gasteiger partial charge in [0, 0.05) is 0 Å². The normalized spacial score (nSPS) is 20.5. The molecule has 6 heteroatoms. The Morgan fingerprint density at radius 3 is 1.76 bits per heavy atom. The zero-order valence-electron chi connectivity index (χ0n) is 12.2. The van der Waals surface area contributed by atoms with Crippen LogP contribution in [0.5, 0.6) is 0 Å². The van der Waals surface area contributed by atoms with Gasteiger partial charge in [-0.1, -0.05) is 18.2 Å². The Morgan fingerprint density at radius 2 is 1.14 bits per heavy atom. The third-order valence-electron chi connectivity index (χ3n) is 2.84. The molecule has 2 rings (SSSR count). The van der Waals surface area contributed by atoms with Crippen molar-refractivity contribution in [2.24, 2.45) is 0 Å². The van der Waals surface area contributed by atoms with Gasteiger partial charge in [-0.15, -0.1) is 0 Å². The molecule has 0 atom stereocenters. The van der Waals surface area contributed by atoms with Crippen LogP contribution in [0, 0.1) is 0 Å². The Morgan fingerprint density at radius 1 is 0.619 bits per heavy atom. The summed E-state index contributed by atoms with van der Waals surface area (Å²) in [6, 6.07) is 9.84. The lowest BCUT2D eigenvalue weighted by Gasteiger charge is -2.23. The summed E-state index contributed by atoms with van der Waals surface area (Å²) in [6.07, 6.45) is 0. The van der Waals surface area contributed by atoms with E-state index in [0.717, 1.165) is 5.69 Å². The Kier molecular flexibility index (Phi) is 8.12. The van der Waals surface area contributed by atoms with Crippen LogP contribution in [0.1, 0.15) is 0 Å². The Hall–Kier alpha value is -1.18. The van der Waals surface area contributed by atoms with Gasteiger partial charge < -0.3 is 18.9 Å². The van der Waals surface area contributed by atoms with E-state index in [1.54, 1.807) is 5.06 Å². The summed E-state index contributed by atoms with van der Waals surface area (Å²) >= 11 is 0. The van der Waals surface area contributed by atoms with E-state index < -0.39 is 0 Å². The molecule has 1 aliphatic rings. The highest BCUT2D eigenvalue weighted by Crippen LogP contribution is 2.13. The molecule has 6 nitrogen and oxygen atoms in total. The van der Waals surface area contributed by atoms with Crippen molar-refractivity contribution in [1.29, 1.82) is 0 Å². The molecule has 118 valence electrons. The molecule has 1 fully saturated rings. The van der Waals surface area contributed by atoms with E-state index in [9.17, 15) is 0 Å². The van der Waals surface area contributed by atoms with Gasteiger partial charge in [0.1, 0.15) is 6.73 Å². The Bertz CT molecular complexity index is 346. The van der Waals surface area contributed by atoms with E-state index in [0.29, 0.717) is 59.6 Å². The lowest BCUT2D eigenvalue weighted by Crippen LogP contribution is -2.29. The molecule has 0 unspecified atom stereocenters. The second kappa shape index (κ2) is 10.5. The van der Waals surface area contributed by atoms with Crippen LogP contribution >= 0.6 is 0 Å². The fourth-order valence-electron chi connectivity index (χ4n) is 1.79. The zero-order chi connectivity index (χ0) is 14.6. The molecule has 21 heavy (non-hydrogen) atoms. The summed E-state index contributed by atoms with van der Waals surface area (Å²) < 4.78 is 21.8. The molecule has 0 amide bonds. The molecular formula is C15H23NO5. The lowest BCUT2D eigenvalue weighted by atomic mass is 10.3. The molecule has 0 spiro atoms. The van der Waals surface area contributed by atoms with Crippen molar-refractivity contribution in [3.63, 3.8) is 0 Å². The minimum atomic E-state index is 0.351. The summed E-state index contributed by atoms with van der Waals surface area (Å²) in [5.74, 6) is 0.